The Morgan fingerprint density at radius 3 is 2.40 bits per heavy atom. The topological polar surface area (TPSA) is 233 Å². The van der Waals surface area contributed by atoms with E-state index in [1.807, 2.05) is 0 Å². The van der Waals surface area contributed by atoms with Gasteiger partial charge in [-0.05, 0) is 61.7 Å². The standard InChI is InChI=1S/C28H33N5O10/c1-32(14-22(36)37)10-11-33(15-23(38)39)26(40)24-16(5-9-21(34)35)4-8-20-25(24)42-12-2-3-17-13-18(31-28(29)30)6-7-19(17)27(41)43-20/h4,6-8,13H,2-3,5,9-12,14-15H2,1H3,(H,34,35)(H,36,37)(H,38,39)(H4,29,30,31). The Hall–Kier alpha value is -5.18. The third-order valence-corrected chi connectivity index (χ3v) is 6.44. The number of amides is 1. The fourth-order valence-electron chi connectivity index (χ4n) is 4.51. The van der Waals surface area contributed by atoms with E-state index in [2.05, 4.69) is 5.32 Å². The summed E-state index contributed by atoms with van der Waals surface area (Å²) in [6.45, 7) is -1.16. The first-order valence-electron chi connectivity index (χ1n) is 13.2. The largest absolute Gasteiger partial charge is 0.489 e. The van der Waals surface area contributed by atoms with Crippen molar-refractivity contribution in [3.05, 3.63) is 52.6 Å². The van der Waals surface area contributed by atoms with Gasteiger partial charge in [0.15, 0.2) is 17.5 Å². The van der Waals surface area contributed by atoms with Gasteiger partial charge in [0, 0.05) is 25.2 Å². The molecule has 0 atom stereocenters. The molecule has 0 radical (unpaired) electrons. The van der Waals surface area contributed by atoms with Crippen LogP contribution in [0.3, 0.4) is 0 Å². The highest BCUT2D eigenvalue weighted by molar-refractivity contribution is 6.01. The van der Waals surface area contributed by atoms with Crippen molar-refractivity contribution in [2.75, 3.05) is 45.2 Å². The van der Waals surface area contributed by atoms with Gasteiger partial charge in [-0.1, -0.05) is 6.07 Å². The van der Waals surface area contributed by atoms with Crippen LogP contribution >= 0.6 is 0 Å². The van der Waals surface area contributed by atoms with Crippen molar-refractivity contribution >= 4 is 41.4 Å². The molecule has 230 valence electrons. The number of aryl methyl sites for hydroxylation is 2. The van der Waals surface area contributed by atoms with Gasteiger partial charge in [0.2, 0.25) is 0 Å². The zero-order valence-electron chi connectivity index (χ0n) is 23.4. The predicted molar refractivity (Wildman–Crippen MR) is 152 cm³/mol. The molecule has 0 bridgehead atoms. The smallest absolute Gasteiger partial charge is 0.343 e. The Morgan fingerprint density at radius 1 is 1.02 bits per heavy atom. The molecule has 1 aliphatic heterocycles. The van der Waals surface area contributed by atoms with Crippen molar-refractivity contribution in [2.24, 2.45) is 5.73 Å². The van der Waals surface area contributed by atoms with E-state index in [4.69, 9.17) is 25.7 Å². The monoisotopic (exact) mass is 599 g/mol. The van der Waals surface area contributed by atoms with Gasteiger partial charge in [-0.2, -0.15) is 0 Å². The van der Waals surface area contributed by atoms with Gasteiger partial charge in [-0.25, -0.2) is 4.79 Å². The Labute approximate surface area is 246 Å². The van der Waals surface area contributed by atoms with Crippen LogP contribution in [0.1, 0.15) is 44.7 Å². The molecule has 15 heteroatoms. The fraction of sp³-hybridized carbons (Fsp3) is 0.357. The lowest BCUT2D eigenvalue weighted by Crippen LogP contribution is -2.42. The maximum absolute atomic E-state index is 13.9. The summed E-state index contributed by atoms with van der Waals surface area (Å²) < 4.78 is 11.6. The fourth-order valence-corrected chi connectivity index (χ4v) is 4.51. The van der Waals surface area contributed by atoms with Crippen LogP contribution in [0.5, 0.6) is 11.5 Å². The maximum Gasteiger partial charge on any atom is 0.343 e. The minimum atomic E-state index is -1.32. The number of rotatable bonds is 12. The molecular formula is C28H33N5O10. The molecular weight excluding hydrogens is 566 g/mol. The third kappa shape index (κ3) is 9.16. The number of hydrogen-bond acceptors (Lipinski definition) is 9. The van der Waals surface area contributed by atoms with Crippen molar-refractivity contribution in [3.8, 4) is 11.5 Å². The van der Waals surface area contributed by atoms with Crippen LogP contribution in [0.15, 0.2) is 30.3 Å². The number of aliphatic carboxylic acids is 3. The van der Waals surface area contributed by atoms with Gasteiger partial charge in [0.05, 0.1) is 24.3 Å². The Morgan fingerprint density at radius 2 is 1.74 bits per heavy atom. The summed E-state index contributed by atoms with van der Waals surface area (Å²) in [5.41, 5.74) is 6.85. The number of nitrogens with one attached hydrogen (secondary N) is 2. The van der Waals surface area contributed by atoms with E-state index in [1.54, 1.807) is 12.1 Å². The summed E-state index contributed by atoms with van der Waals surface area (Å²) >= 11 is 0. The number of nitrogens with zero attached hydrogens (tertiary/aromatic N) is 2. The second-order valence-electron chi connectivity index (χ2n) is 9.82. The van der Waals surface area contributed by atoms with Crippen LogP contribution in [0, 0.1) is 5.41 Å². The molecule has 0 saturated heterocycles. The molecule has 0 saturated carbocycles. The Balaban J connectivity index is 2.05. The van der Waals surface area contributed by atoms with Crippen molar-refractivity contribution in [1.29, 1.82) is 5.41 Å². The quantitative estimate of drug-likeness (QED) is 0.0869. The number of carbonyl (C=O) groups is 5. The van der Waals surface area contributed by atoms with Crippen molar-refractivity contribution in [3.63, 3.8) is 0 Å². The van der Waals surface area contributed by atoms with Gasteiger partial charge in [-0.15, -0.1) is 0 Å². The van der Waals surface area contributed by atoms with Crippen molar-refractivity contribution < 1.29 is 48.8 Å². The highest BCUT2D eigenvalue weighted by Crippen LogP contribution is 2.37. The third-order valence-electron chi connectivity index (χ3n) is 6.44. The lowest BCUT2D eigenvalue weighted by molar-refractivity contribution is -0.139. The maximum atomic E-state index is 13.9. The Bertz CT molecular complexity index is 1430. The lowest BCUT2D eigenvalue weighted by Gasteiger charge is -2.27. The predicted octanol–water partition coefficient (Wildman–Crippen LogP) is 1.10. The number of guanidine groups is 1. The summed E-state index contributed by atoms with van der Waals surface area (Å²) in [7, 11) is 1.50. The van der Waals surface area contributed by atoms with Crippen LogP contribution in [0.4, 0.5) is 5.69 Å². The molecule has 2 aromatic rings. The first-order chi connectivity index (χ1) is 20.3. The van der Waals surface area contributed by atoms with Crippen LogP contribution in [0.2, 0.25) is 0 Å². The first kappa shape index (κ1) is 32.3. The number of benzene rings is 2. The molecule has 0 fully saturated rings. The van der Waals surface area contributed by atoms with Crippen LogP contribution in [-0.4, -0.2) is 101 Å². The first-order valence-corrected chi connectivity index (χ1v) is 13.2. The number of hydrogen-bond donors (Lipinski definition) is 6. The van der Waals surface area contributed by atoms with Crippen molar-refractivity contribution in [1.82, 2.24) is 9.80 Å². The molecule has 1 heterocycles. The average Bonchev–Trinajstić information content (AvgIpc) is 2.91. The number of fused-ring (bicyclic) bond motifs is 2. The SMILES string of the molecule is CN(CCN(CC(=O)O)C(=O)c1c(CCC(=O)O)ccc2c1OCCCc1cc(NC(=N)N)ccc1C(=O)O2)CC(=O)O. The number of carboxylic acid groups (broad SMARTS) is 3. The molecule has 15 nitrogen and oxygen atoms in total. The van der Waals surface area contributed by atoms with Gasteiger partial charge in [0.1, 0.15) is 6.54 Å². The summed E-state index contributed by atoms with van der Waals surface area (Å²) in [6, 6.07) is 7.54. The van der Waals surface area contributed by atoms with Crippen LogP contribution in [-0.2, 0) is 27.2 Å². The molecule has 0 aliphatic carbocycles. The molecule has 43 heavy (non-hydrogen) atoms. The summed E-state index contributed by atoms with van der Waals surface area (Å²) in [5.74, 6) is -5.65. The van der Waals surface area contributed by atoms with Crippen molar-refractivity contribution in [2.45, 2.75) is 25.7 Å². The van der Waals surface area contributed by atoms with Gasteiger partial charge < -0.3 is 40.7 Å². The van der Waals surface area contributed by atoms with E-state index in [0.717, 1.165) is 4.90 Å². The van der Waals surface area contributed by atoms with E-state index >= 15 is 0 Å². The van der Waals surface area contributed by atoms with Gasteiger partial charge >= 0.3 is 23.9 Å². The molecule has 7 N–H and O–H groups in total. The van der Waals surface area contributed by atoms with E-state index < -0.39 is 36.3 Å². The highest BCUT2D eigenvalue weighted by Gasteiger charge is 2.30. The summed E-state index contributed by atoms with van der Waals surface area (Å²) in [4.78, 5) is 63.7. The number of ether oxygens (including phenoxy) is 2. The molecule has 1 amide bonds. The highest BCUT2D eigenvalue weighted by atomic mass is 16.6. The summed E-state index contributed by atoms with van der Waals surface area (Å²) in [6.07, 6.45) is 0.296. The number of likely N-dealkylation sites (N-methyl/N-ethyl adjacent to an activating group) is 1. The van der Waals surface area contributed by atoms with E-state index in [9.17, 15) is 34.2 Å². The lowest BCUT2D eigenvalue weighted by atomic mass is 9.98. The van der Waals surface area contributed by atoms with E-state index in [0.29, 0.717) is 24.1 Å². The van der Waals surface area contributed by atoms with Crippen LogP contribution in [0.25, 0.3) is 0 Å². The zero-order valence-corrected chi connectivity index (χ0v) is 23.4. The van der Waals surface area contributed by atoms with Crippen LogP contribution < -0.4 is 20.5 Å². The number of nitrogens with two attached hydrogens (primary N) is 1. The van der Waals surface area contributed by atoms with Gasteiger partial charge in [0.25, 0.3) is 5.91 Å². The minimum absolute atomic E-state index is 0.0257. The molecule has 0 spiro atoms. The molecule has 2 aromatic carbocycles. The van der Waals surface area contributed by atoms with E-state index in [-0.39, 0.29) is 73.2 Å². The minimum Gasteiger partial charge on any atom is -0.489 e. The number of anilines is 1. The summed E-state index contributed by atoms with van der Waals surface area (Å²) in [5, 5.41) is 37.9. The number of carbonyl (C=O) groups excluding carboxylic acids is 2. The van der Waals surface area contributed by atoms with E-state index in [1.165, 1.54) is 30.1 Å². The second-order valence-corrected chi connectivity index (χ2v) is 9.82. The second kappa shape index (κ2) is 14.6. The average molecular weight is 600 g/mol. The molecule has 0 unspecified atom stereocenters. The normalized spacial score (nSPS) is 12.7. The molecule has 1 aliphatic rings. The molecule has 3 rings (SSSR count). The Kier molecular flexibility index (Phi) is 11.0. The molecule has 0 aromatic heterocycles. The van der Waals surface area contributed by atoms with Gasteiger partial charge in [-0.3, -0.25) is 29.5 Å². The number of esters is 1. The zero-order chi connectivity index (χ0) is 31.7. The number of carboxylic acids is 3.